The van der Waals surface area contributed by atoms with Crippen LogP contribution in [0.5, 0.6) is 0 Å². The molecule has 0 saturated heterocycles. The van der Waals surface area contributed by atoms with Crippen molar-refractivity contribution in [2.75, 3.05) is 5.73 Å². The first kappa shape index (κ1) is 14.0. The number of aryl methyl sites for hydroxylation is 1. The molecule has 102 valence electrons. The van der Waals surface area contributed by atoms with Crippen molar-refractivity contribution < 1.29 is 12.9 Å². The number of nitrogen functional groups attached to an aromatic ring is 1. The van der Waals surface area contributed by atoms with E-state index in [2.05, 4.69) is 25.8 Å². The van der Waals surface area contributed by atoms with E-state index in [0.717, 1.165) is 0 Å². The molecule has 0 bridgehead atoms. The quantitative estimate of drug-likeness (QED) is 0.823. The lowest BCUT2D eigenvalue weighted by Crippen LogP contribution is -2.23. The molecule has 2 aromatic rings. The zero-order chi connectivity index (χ0) is 14.0. The minimum Gasteiger partial charge on any atom is -0.398 e. The highest BCUT2D eigenvalue weighted by Gasteiger charge is 2.15. The predicted molar refractivity (Wildman–Crippen MR) is 73.8 cm³/mol. The summed E-state index contributed by atoms with van der Waals surface area (Å²) in [5.41, 5.74) is 6.54. The lowest BCUT2D eigenvalue weighted by molar-refractivity contribution is 0.390. The summed E-state index contributed by atoms with van der Waals surface area (Å²) in [6.45, 7) is 1.80. The first-order chi connectivity index (χ1) is 8.88. The van der Waals surface area contributed by atoms with E-state index >= 15 is 0 Å². The lowest BCUT2D eigenvalue weighted by atomic mass is 10.3. The van der Waals surface area contributed by atoms with Gasteiger partial charge in [-0.25, -0.2) is 13.1 Å². The number of nitrogens with one attached hydrogen (secondary N) is 1. The maximum Gasteiger partial charge on any atom is 0.241 e. The Balaban J connectivity index is 2.16. The van der Waals surface area contributed by atoms with Crippen LogP contribution in [0.25, 0.3) is 0 Å². The third-order valence-corrected chi connectivity index (χ3v) is 4.52. The second-order valence-electron chi connectivity index (χ2n) is 3.94. The highest BCUT2D eigenvalue weighted by Crippen LogP contribution is 2.22. The number of hydrogen-bond donors (Lipinski definition) is 2. The first-order valence-corrected chi connectivity index (χ1v) is 7.63. The normalized spacial score (nSPS) is 11.7. The summed E-state index contributed by atoms with van der Waals surface area (Å²) in [4.78, 5) is 0.105. The molecule has 0 unspecified atom stereocenters. The first-order valence-electron chi connectivity index (χ1n) is 5.35. The average Bonchev–Trinajstić information content (AvgIpc) is 2.76. The number of hydrogen-bond acceptors (Lipinski definition) is 5. The molecule has 1 aromatic carbocycles. The maximum absolute atomic E-state index is 12.0. The van der Waals surface area contributed by atoms with E-state index < -0.39 is 10.0 Å². The molecule has 3 N–H and O–H groups in total. The van der Waals surface area contributed by atoms with E-state index in [-0.39, 0.29) is 11.4 Å². The summed E-state index contributed by atoms with van der Waals surface area (Å²) in [5, 5.41) is 3.71. The summed E-state index contributed by atoms with van der Waals surface area (Å²) >= 11 is 3.21. The second kappa shape index (κ2) is 5.32. The van der Waals surface area contributed by atoms with Gasteiger partial charge in [0.1, 0.15) is 5.76 Å². The molecule has 0 saturated carbocycles. The molecule has 0 fully saturated rings. The smallest absolute Gasteiger partial charge is 0.241 e. The van der Waals surface area contributed by atoms with E-state index in [1.54, 1.807) is 19.1 Å². The van der Waals surface area contributed by atoms with Crippen LogP contribution in [0.2, 0.25) is 0 Å². The van der Waals surface area contributed by atoms with Crippen LogP contribution in [0.1, 0.15) is 11.5 Å². The SMILES string of the molecule is Cc1cc(CNS(=O)(=O)c2ccc(Br)c(N)c2)no1. The van der Waals surface area contributed by atoms with Crippen LogP contribution in [-0.2, 0) is 16.6 Å². The molecule has 1 aromatic heterocycles. The Morgan fingerprint density at radius 1 is 1.42 bits per heavy atom. The topological polar surface area (TPSA) is 98.2 Å². The summed E-state index contributed by atoms with van der Waals surface area (Å²) in [5.74, 6) is 0.627. The highest BCUT2D eigenvalue weighted by molar-refractivity contribution is 9.10. The Morgan fingerprint density at radius 2 is 2.16 bits per heavy atom. The number of sulfonamides is 1. The summed E-state index contributed by atoms with van der Waals surface area (Å²) in [6.07, 6.45) is 0. The number of anilines is 1. The van der Waals surface area contributed by atoms with Crippen LogP contribution in [-0.4, -0.2) is 13.6 Å². The fourth-order valence-corrected chi connectivity index (χ4v) is 2.72. The van der Waals surface area contributed by atoms with Crippen LogP contribution in [0.3, 0.4) is 0 Å². The molecule has 1 heterocycles. The van der Waals surface area contributed by atoms with Crippen molar-refractivity contribution in [2.24, 2.45) is 0 Å². The Kier molecular flexibility index (Phi) is 3.93. The van der Waals surface area contributed by atoms with Crippen LogP contribution < -0.4 is 10.5 Å². The Morgan fingerprint density at radius 3 is 2.74 bits per heavy atom. The van der Waals surface area contributed by atoms with Gasteiger partial charge >= 0.3 is 0 Å². The largest absolute Gasteiger partial charge is 0.398 e. The number of aromatic nitrogens is 1. The highest BCUT2D eigenvalue weighted by atomic mass is 79.9. The van der Waals surface area contributed by atoms with Crippen molar-refractivity contribution in [1.82, 2.24) is 9.88 Å². The van der Waals surface area contributed by atoms with Gasteiger partial charge in [-0.2, -0.15) is 0 Å². The van der Waals surface area contributed by atoms with Gasteiger partial charge in [-0.1, -0.05) is 5.16 Å². The molecule has 0 aliphatic carbocycles. The number of nitrogens with zero attached hydrogens (tertiary/aromatic N) is 1. The minimum absolute atomic E-state index is 0.0651. The third-order valence-electron chi connectivity index (χ3n) is 2.40. The van der Waals surface area contributed by atoms with E-state index in [0.29, 0.717) is 21.6 Å². The average molecular weight is 346 g/mol. The van der Waals surface area contributed by atoms with Gasteiger partial charge in [-0.3, -0.25) is 0 Å². The Bertz CT molecular complexity index is 697. The van der Waals surface area contributed by atoms with Crippen molar-refractivity contribution in [3.63, 3.8) is 0 Å². The summed E-state index contributed by atoms with van der Waals surface area (Å²) in [7, 11) is -3.62. The number of rotatable bonds is 4. The van der Waals surface area contributed by atoms with Gasteiger partial charge in [0.25, 0.3) is 0 Å². The zero-order valence-electron chi connectivity index (χ0n) is 10.1. The monoisotopic (exact) mass is 345 g/mol. The molecule has 0 radical (unpaired) electrons. The van der Waals surface area contributed by atoms with Gasteiger partial charge in [-0.15, -0.1) is 0 Å². The van der Waals surface area contributed by atoms with E-state index in [9.17, 15) is 8.42 Å². The van der Waals surface area contributed by atoms with Gasteiger partial charge in [0, 0.05) is 16.2 Å². The van der Waals surface area contributed by atoms with Crippen molar-refractivity contribution in [3.05, 3.63) is 40.2 Å². The maximum atomic E-state index is 12.0. The van der Waals surface area contributed by atoms with Crippen molar-refractivity contribution in [1.29, 1.82) is 0 Å². The van der Waals surface area contributed by atoms with Crippen molar-refractivity contribution in [2.45, 2.75) is 18.4 Å². The molecule has 8 heteroatoms. The molecule has 2 rings (SSSR count). The Hall–Kier alpha value is -1.38. The fraction of sp³-hybridized carbons (Fsp3) is 0.182. The van der Waals surface area contributed by atoms with E-state index in [1.165, 1.54) is 12.1 Å². The van der Waals surface area contributed by atoms with Gasteiger partial charge in [0.05, 0.1) is 17.1 Å². The Labute approximate surface area is 119 Å². The van der Waals surface area contributed by atoms with Gasteiger partial charge in [-0.05, 0) is 41.1 Å². The standard InChI is InChI=1S/C11H12BrN3O3S/c1-7-4-8(15-18-7)6-14-19(16,17)9-2-3-10(12)11(13)5-9/h2-5,14H,6,13H2,1H3. The molecular weight excluding hydrogens is 334 g/mol. The molecular formula is C11H12BrN3O3S. The van der Waals surface area contributed by atoms with Crippen LogP contribution in [0.15, 0.2) is 38.2 Å². The predicted octanol–water partition coefficient (Wildman–Crippen LogP) is 1.81. The molecule has 6 nitrogen and oxygen atoms in total. The number of benzene rings is 1. The molecule has 0 spiro atoms. The number of halogens is 1. The lowest BCUT2D eigenvalue weighted by Gasteiger charge is -2.06. The van der Waals surface area contributed by atoms with Crippen LogP contribution in [0, 0.1) is 6.92 Å². The van der Waals surface area contributed by atoms with Crippen molar-refractivity contribution in [3.8, 4) is 0 Å². The molecule has 0 amide bonds. The molecule has 0 atom stereocenters. The fourth-order valence-electron chi connectivity index (χ4n) is 1.44. The van der Waals surface area contributed by atoms with Crippen LogP contribution in [0.4, 0.5) is 5.69 Å². The van der Waals surface area contributed by atoms with Crippen LogP contribution >= 0.6 is 15.9 Å². The summed E-state index contributed by atoms with van der Waals surface area (Å²) < 4.78 is 32.0. The van der Waals surface area contributed by atoms with E-state index in [1.807, 2.05) is 0 Å². The summed E-state index contributed by atoms with van der Waals surface area (Å²) in [6, 6.07) is 6.11. The van der Waals surface area contributed by atoms with E-state index in [4.69, 9.17) is 10.3 Å². The van der Waals surface area contributed by atoms with Gasteiger partial charge in [0.15, 0.2) is 0 Å². The second-order valence-corrected chi connectivity index (χ2v) is 6.56. The van der Waals surface area contributed by atoms with Gasteiger partial charge < -0.3 is 10.3 Å². The van der Waals surface area contributed by atoms with Crippen molar-refractivity contribution >= 4 is 31.6 Å². The molecule has 19 heavy (non-hydrogen) atoms. The number of nitrogens with two attached hydrogens (primary N) is 1. The van der Waals surface area contributed by atoms with Gasteiger partial charge in [0.2, 0.25) is 10.0 Å². The molecule has 0 aliphatic heterocycles. The molecule has 0 aliphatic rings. The zero-order valence-corrected chi connectivity index (χ0v) is 12.5. The minimum atomic E-state index is -3.62. The third kappa shape index (κ3) is 3.34.